The Labute approximate surface area is 89.8 Å². The van der Waals surface area contributed by atoms with Crippen molar-refractivity contribution < 1.29 is 14.7 Å². The van der Waals surface area contributed by atoms with Gasteiger partial charge < -0.3 is 20.2 Å². The number of likely N-dealkylation sites (N-methyl/N-ethyl adjacent to an activating group) is 1. The van der Waals surface area contributed by atoms with Gasteiger partial charge in [0.1, 0.15) is 6.54 Å². The molecular weight excluding hydrogens is 198 g/mol. The third-order valence-electron chi connectivity index (χ3n) is 1.95. The molecule has 0 spiro atoms. The summed E-state index contributed by atoms with van der Waals surface area (Å²) in [5.41, 5.74) is 0. The van der Waals surface area contributed by atoms with E-state index in [2.05, 4.69) is 5.32 Å². The first-order valence-corrected chi connectivity index (χ1v) is 4.81. The second-order valence-electron chi connectivity index (χ2n) is 3.41. The fourth-order valence-corrected chi connectivity index (χ4v) is 1.15. The van der Waals surface area contributed by atoms with E-state index < -0.39 is 5.97 Å². The molecule has 0 aliphatic carbocycles. The van der Waals surface area contributed by atoms with Gasteiger partial charge in [0.05, 0.1) is 0 Å². The van der Waals surface area contributed by atoms with E-state index in [9.17, 15) is 9.59 Å². The van der Waals surface area contributed by atoms with Gasteiger partial charge in [-0.15, -0.1) is 0 Å². The van der Waals surface area contributed by atoms with E-state index in [1.165, 1.54) is 16.8 Å². The van der Waals surface area contributed by atoms with Crippen LogP contribution in [0.25, 0.3) is 0 Å². The third kappa shape index (κ3) is 5.90. The second-order valence-corrected chi connectivity index (χ2v) is 3.41. The van der Waals surface area contributed by atoms with E-state index in [0.29, 0.717) is 6.54 Å². The van der Waals surface area contributed by atoms with Crippen LogP contribution in [0.1, 0.15) is 6.42 Å². The maximum Gasteiger partial charge on any atom is 0.323 e. The number of nitrogens with one attached hydrogen (secondary N) is 1. The lowest BCUT2D eigenvalue weighted by atomic mass is 10.4. The maximum absolute atomic E-state index is 11.5. The summed E-state index contributed by atoms with van der Waals surface area (Å²) in [5, 5.41) is 11.5. The number of amides is 2. The van der Waals surface area contributed by atoms with Crippen molar-refractivity contribution in [1.82, 2.24) is 15.1 Å². The zero-order valence-electron chi connectivity index (χ0n) is 9.49. The van der Waals surface area contributed by atoms with E-state index in [-0.39, 0.29) is 12.6 Å². The van der Waals surface area contributed by atoms with Gasteiger partial charge in [-0.3, -0.25) is 4.79 Å². The molecular formula is C9H19N3O3. The number of carbonyl (C=O) groups excluding carboxylic acids is 1. The summed E-state index contributed by atoms with van der Waals surface area (Å²) in [5.74, 6) is -1.01. The summed E-state index contributed by atoms with van der Waals surface area (Å²) in [6.45, 7) is 1.18. The summed E-state index contributed by atoms with van der Waals surface area (Å²) < 4.78 is 0. The zero-order chi connectivity index (χ0) is 11.8. The molecule has 0 radical (unpaired) electrons. The number of hydrogen-bond acceptors (Lipinski definition) is 3. The van der Waals surface area contributed by atoms with Gasteiger partial charge in [0, 0.05) is 20.6 Å². The summed E-state index contributed by atoms with van der Waals surface area (Å²) in [6.07, 6.45) is 0.847. The molecule has 0 bridgehead atoms. The van der Waals surface area contributed by atoms with Crippen LogP contribution in [0.15, 0.2) is 0 Å². The van der Waals surface area contributed by atoms with Crippen molar-refractivity contribution >= 4 is 12.0 Å². The van der Waals surface area contributed by atoms with Gasteiger partial charge in [-0.2, -0.15) is 0 Å². The van der Waals surface area contributed by atoms with Gasteiger partial charge in [-0.1, -0.05) is 0 Å². The van der Waals surface area contributed by atoms with Crippen LogP contribution in [0.5, 0.6) is 0 Å². The van der Waals surface area contributed by atoms with Crippen molar-refractivity contribution in [2.75, 3.05) is 40.8 Å². The molecule has 0 heterocycles. The number of urea groups is 1. The molecule has 0 atom stereocenters. The van der Waals surface area contributed by atoms with Crippen LogP contribution in [0.4, 0.5) is 4.79 Å². The fourth-order valence-electron chi connectivity index (χ4n) is 1.15. The Morgan fingerprint density at radius 3 is 2.33 bits per heavy atom. The average Bonchev–Trinajstić information content (AvgIpc) is 2.15. The van der Waals surface area contributed by atoms with E-state index in [1.807, 2.05) is 7.05 Å². The van der Waals surface area contributed by atoms with Crippen LogP contribution in [0.3, 0.4) is 0 Å². The van der Waals surface area contributed by atoms with Crippen molar-refractivity contribution in [2.24, 2.45) is 0 Å². The smallest absolute Gasteiger partial charge is 0.323 e. The molecule has 6 heteroatoms. The molecule has 15 heavy (non-hydrogen) atoms. The Kier molecular flexibility index (Phi) is 6.44. The quantitative estimate of drug-likeness (QED) is 0.597. The molecule has 0 aromatic heterocycles. The molecule has 0 saturated heterocycles. The van der Waals surface area contributed by atoms with Gasteiger partial charge in [0.15, 0.2) is 0 Å². The van der Waals surface area contributed by atoms with Gasteiger partial charge in [-0.25, -0.2) is 4.79 Å². The largest absolute Gasteiger partial charge is 0.480 e. The van der Waals surface area contributed by atoms with Gasteiger partial charge in [0.25, 0.3) is 0 Å². The number of rotatable bonds is 6. The van der Waals surface area contributed by atoms with Crippen molar-refractivity contribution in [3.63, 3.8) is 0 Å². The highest BCUT2D eigenvalue weighted by molar-refractivity contribution is 5.79. The van der Waals surface area contributed by atoms with E-state index in [1.54, 1.807) is 7.05 Å². The number of nitrogens with zero attached hydrogens (tertiary/aromatic N) is 2. The number of hydrogen-bond donors (Lipinski definition) is 2. The number of carboxylic acids is 1. The number of aliphatic carboxylic acids is 1. The number of carbonyl (C=O) groups is 2. The first-order chi connectivity index (χ1) is 6.99. The van der Waals surface area contributed by atoms with Gasteiger partial charge >= 0.3 is 12.0 Å². The molecule has 6 nitrogen and oxygen atoms in total. The molecule has 0 rings (SSSR count). The molecule has 0 aromatic rings. The molecule has 0 aliphatic heterocycles. The normalized spacial score (nSPS) is 9.80. The van der Waals surface area contributed by atoms with Crippen LogP contribution >= 0.6 is 0 Å². The third-order valence-corrected chi connectivity index (χ3v) is 1.95. The first-order valence-electron chi connectivity index (χ1n) is 4.81. The highest BCUT2D eigenvalue weighted by Crippen LogP contribution is 1.95. The highest BCUT2D eigenvalue weighted by Gasteiger charge is 2.15. The van der Waals surface area contributed by atoms with Gasteiger partial charge in [0.2, 0.25) is 0 Å². The van der Waals surface area contributed by atoms with Crippen LogP contribution in [0, 0.1) is 0 Å². The van der Waals surface area contributed by atoms with Crippen molar-refractivity contribution in [2.45, 2.75) is 6.42 Å². The van der Waals surface area contributed by atoms with Crippen LogP contribution in [0.2, 0.25) is 0 Å². The lowest BCUT2D eigenvalue weighted by Gasteiger charge is -2.23. The summed E-state index contributed by atoms with van der Waals surface area (Å²) in [7, 11) is 4.99. The lowest BCUT2D eigenvalue weighted by Crippen LogP contribution is -2.42. The fraction of sp³-hybridized carbons (Fsp3) is 0.778. The lowest BCUT2D eigenvalue weighted by molar-refractivity contribution is -0.137. The van der Waals surface area contributed by atoms with E-state index in [0.717, 1.165) is 13.0 Å². The number of carboxylic acid groups (broad SMARTS) is 1. The Bertz CT molecular complexity index is 221. The van der Waals surface area contributed by atoms with E-state index >= 15 is 0 Å². The first kappa shape index (κ1) is 13.7. The predicted molar refractivity (Wildman–Crippen MR) is 56.8 cm³/mol. The Hall–Kier alpha value is -1.30. The average molecular weight is 217 g/mol. The Morgan fingerprint density at radius 1 is 1.27 bits per heavy atom. The van der Waals surface area contributed by atoms with Crippen molar-refractivity contribution in [3.8, 4) is 0 Å². The van der Waals surface area contributed by atoms with Crippen LogP contribution in [-0.2, 0) is 4.79 Å². The minimum atomic E-state index is -1.01. The summed E-state index contributed by atoms with van der Waals surface area (Å²) in [6, 6.07) is -0.270. The molecule has 2 N–H and O–H groups in total. The second kappa shape index (κ2) is 7.05. The van der Waals surface area contributed by atoms with Crippen molar-refractivity contribution in [1.29, 1.82) is 0 Å². The molecule has 0 aliphatic rings. The molecule has 0 unspecified atom stereocenters. The summed E-state index contributed by atoms with van der Waals surface area (Å²) in [4.78, 5) is 24.6. The minimum Gasteiger partial charge on any atom is -0.480 e. The minimum absolute atomic E-state index is 0.269. The molecule has 0 aromatic carbocycles. The molecule has 0 fully saturated rings. The molecule has 0 saturated carbocycles. The topological polar surface area (TPSA) is 72.9 Å². The Morgan fingerprint density at radius 2 is 1.87 bits per heavy atom. The summed E-state index contributed by atoms with van der Waals surface area (Å²) >= 11 is 0. The van der Waals surface area contributed by atoms with E-state index in [4.69, 9.17) is 5.11 Å². The highest BCUT2D eigenvalue weighted by atomic mass is 16.4. The van der Waals surface area contributed by atoms with Crippen LogP contribution < -0.4 is 5.32 Å². The van der Waals surface area contributed by atoms with Gasteiger partial charge in [-0.05, 0) is 20.0 Å². The molecule has 88 valence electrons. The monoisotopic (exact) mass is 217 g/mol. The maximum atomic E-state index is 11.5. The van der Waals surface area contributed by atoms with Crippen molar-refractivity contribution in [3.05, 3.63) is 0 Å². The SMILES string of the molecule is CNCCCN(C)C(=O)N(C)CC(=O)O. The predicted octanol–water partition coefficient (Wildman–Crippen LogP) is -0.336. The van der Waals surface area contributed by atoms with Crippen LogP contribution in [-0.4, -0.2) is 67.7 Å². The zero-order valence-corrected chi connectivity index (χ0v) is 9.49. The Balaban J connectivity index is 3.90. The standard InChI is InChI=1S/C9H19N3O3/c1-10-5-4-6-11(2)9(15)12(3)7-8(13)14/h10H,4-7H2,1-3H3,(H,13,14). The molecule has 2 amide bonds.